The predicted octanol–water partition coefficient (Wildman–Crippen LogP) is 3.76. The van der Waals surface area contributed by atoms with E-state index < -0.39 is 17.5 Å². The van der Waals surface area contributed by atoms with Crippen LogP contribution in [0.25, 0.3) is 0 Å². The molecule has 0 unspecified atom stereocenters. The van der Waals surface area contributed by atoms with Crippen molar-refractivity contribution in [1.29, 1.82) is 0 Å². The lowest BCUT2D eigenvalue weighted by Crippen LogP contribution is -2.45. The molecule has 0 saturated heterocycles. The summed E-state index contributed by atoms with van der Waals surface area (Å²) in [5.74, 6) is 0.514. The van der Waals surface area contributed by atoms with Crippen LogP contribution < -0.4 is 9.47 Å². The van der Waals surface area contributed by atoms with Gasteiger partial charge in [0.15, 0.2) is 17.3 Å². The molecule has 0 N–H and O–H groups in total. The fourth-order valence-corrected chi connectivity index (χ4v) is 4.11. The van der Waals surface area contributed by atoms with Gasteiger partial charge in [-0.3, -0.25) is 9.59 Å². The summed E-state index contributed by atoms with van der Waals surface area (Å²) in [6.07, 6.45) is 5.23. The van der Waals surface area contributed by atoms with Crippen molar-refractivity contribution in [2.45, 2.75) is 38.9 Å². The van der Waals surface area contributed by atoms with E-state index in [-0.39, 0.29) is 24.6 Å². The first kappa shape index (κ1) is 20.1. The van der Waals surface area contributed by atoms with Gasteiger partial charge in [0.1, 0.15) is 6.10 Å². The van der Waals surface area contributed by atoms with E-state index >= 15 is 0 Å². The molecular formula is C22H26O6. The third kappa shape index (κ3) is 3.69. The van der Waals surface area contributed by atoms with Crippen molar-refractivity contribution in [3.05, 3.63) is 48.6 Å². The molecule has 6 nitrogen and oxygen atoms in total. The van der Waals surface area contributed by atoms with Gasteiger partial charge in [0.05, 0.1) is 6.10 Å². The maximum Gasteiger partial charge on any atom is 0.303 e. The van der Waals surface area contributed by atoms with Gasteiger partial charge in [-0.2, -0.15) is 0 Å². The highest BCUT2D eigenvalue weighted by Gasteiger charge is 2.48. The van der Waals surface area contributed by atoms with E-state index in [0.717, 1.165) is 5.56 Å². The lowest BCUT2D eigenvalue weighted by molar-refractivity contribution is -0.156. The number of methoxy groups -OCH3 is 1. The van der Waals surface area contributed by atoms with Crippen molar-refractivity contribution in [2.24, 2.45) is 11.3 Å². The number of allylic oxidation sites excluding steroid dienone is 2. The Morgan fingerprint density at radius 3 is 2.82 bits per heavy atom. The Bertz CT molecular complexity index is 798. The third-order valence-corrected chi connectivity index (χ3v) is 5.67. The number of carbonyl (C=O) groups excluding carboxylic acids is 2. The van der Waals surface area contributed by atoms with Gasteiger partial charge in [-0.15, -0.1) is 6.58 Å². The second-order valence-electron chi connectivity index (χ2n) is 7.28. The number of benzene rings is 1. The summed E-state index contributed by atoms with van der Waals surface area (Å²) in [7, 11) is 1.62. The van der Waals surface area contributed by atoms with Crippen molar-refractivity contribution in [1.82, 2.24) is 0 Å². The van der Waals surface area contributed by atoms with Crippen LogP contribution in [0.5, 0.6) is 11.5 Å². The molecule has 0 saturated carbocycles. The lowest BCUT2D eigenvalue weighted by atomic mass is 9.62. The van der Waals surface area contributed by atoms with E-state index in [1.54, 1.807) is 31.4 Å². The Morgan fingerprint density at radius 1 is 1.39 bits per heavy atom. The Hall–Kier alpha value is -2.60. The molecule has 150 valence electrons. The summed E-state index contributed by atoms with van der Waals surface area (Å²) in [4.78, 5) is 24.9. The Balaban J connectivity index is 2.02. The van der Waals surface area contributed by atoms with Gasteiger partial charge in [0.25, 0.3) is 0 Å². The van der Waals surface area contributed by atoms with E-state index in [1.165, 1.54) is 6.92 Å². The van der Waals surface area contributed by atoms with E-state index in [2.05, 4.69) is 6.58 Å². The molecule has 28 heavy (non-hydrogen) atoms. The number of ether oxygens (including phenoxy) is 4. The summed E-state index contributed by atoms with van der Waals surface area (Å²) >= 11 is 0. The summed E-state index contributed by atoms with van der Waals surface area (Å²) in [5.41, 5.74) is -0.0279. The molecule has 1 aromatic carbocycles. The maximum atomic E-state index is 13.0. The van der Waals surface area contributed by atoms with Crippen LogP contribution in [0.4, 0.5) is 0 Å². The van der Waals surface area contributed by atoms with Crippen molar-refractivity contribution >= 4 is 11.8 Å². The predicted molar refractivity (Wildman–Crippen MR) is 103 cm³/mol. The zero-order chi connectivity index (χ0) is 20.3. The fourth-order valence-electron chi connectivity index (χ4n) is 4.11. The molecule has 2 aliphatic rings. The van der Waals surface area contributed by atoms with E-state index in [4.69, 9.17) is 18.9 Å². The largest absolute Gasteiger partial charge is 0.457 e. The first-order valence-corrected chi connectivity index (χ1v) is 9.34. The van der Waals surface area contributed by atoms with Crippen LogP contribution in [0.1, 0.15) is 38.4 Å². The average Bonchev–Trinajstić information content (AvgIpc) is 3.15. The molecule has 1 aliphatic heterocycles. The number of carbonyl (C=O) groups is 2. The summed E-state index contributed by atoms with van der Waals surface area (Å²) in [6, 6.07) is 5.45. The molecule has 6 heteroatoms. The molecule has 1 heterocycles. The van der Waals surface area contributed by atoms with Crippen LogP contribution in [0.2, 0.25) is 0 Å². The van der Waals surface area contributed by atoms with Gasteiger partial charge in [0, 0.05) is 25.4 Å². The zero-order valence-electron chi connectivity index (χ0n) is 16.5. The minimum absolute atomic E-state index is 0.00825. The van der Waals surface area contributed by atoms with E-state index in [1.807, 2.05) is 19.1 Å². The van der Waals surface area contributed by atoms with Crippen LogP contribution in [-0.2, 0) is 19.1 Å². The standard InChI is InChI=1S/C22H26O6/c1-5-10-22(12-17(25-4)7-9-20(22)24)14(2)21(28-15(3)23)16-6-8-18-19(11-16)27-13-26-18/h5-9,11,14,17,21H,1,10,12-13H2,2-4H3/t14-,17+,21-,22-/m0/s1. The molecule has 3 rings (SSSR count). The number of rotatable bonds is 7. The second kappa shape index (κ2) is 8.19. The highest BCUT2D eigenvalue weighted by molar-refractivity contribution is 5.96. The summed E-state index contributed by atoms with van der Waals surface area (Å²) < 4.78 is 22.1. The Kier molecular flexibility index (Phi) is 5.89. The van der Waals surface area contributed by atoms with E-state index in [9.17, 15) is 9.59 Å². The highest BCUT2D eigenvalue weighted by atomic mass is 16.7. The average molecular weight is 386 g/mol. The molecule has 0 aromatic heterocycles. The minimum atomic E-state index is -0.784. The van der Waals surface area contributed by atoms with Crippen molar-refractivity contribution in [3.8, 4) is 11.5 Å². The smallest absolute Gasteiger partial charge is 0.303 e. The van der Waals surface area contributed by atoms with Crippen molar-refractivity contribution < 1.29 is 28.5 Å². The van der Waals surface area contributed by atoms with Crippen LogP contribution in [0.3, 0.4) is 0 Å². The lowest BCUT2D eigenvalue weighted by Gasteiger charge is -2.43. The van der Waals surface area contributed by atoms with Gasteiger partial charge < -0.3 is 18.9 Å². The Labute approximate surface area is 165 Å². The fraction of sp³-hybridized carbons (Fsp3) is 0.455. The number of fused-ring (bicyclic) bond motifs is 1. The quantitative estimate of drug-likeness (QED) is 0.525. The first-order valence-electron chi connectivity index (χ1n) is 9.34. The number of hydrogen-bond acceptors (Lipinski definition) is 6. The number of esters is 1. The molecule has 0 spiro atoms. The van der Waals surface area contributed by atoms with Crippen LogP contribution in [0.15, 0.2) is 43.0 Å². The van der Waals surface area contributed by atoms with Gasteiger partial charge >= 0.3 is 5.97 Å². The third-order valence-electron chi connectivity index (χ3n) is 5.67. The minimum Gasteiger partial charge on any atom is -0.457 e. The summed E-state index contributed by atoms with van der Waals surface area (Å²) in [5, 5.41) is 0. The Morgan fingerprint density at radius 2 is 2.14 bits per heavy atom. The van der Waals surface area contributed by atoms with Crippen LogP contribution in [-0.4, -0.2) is 31.8 Å². The molecule has 0 amide bonds. The van der Waals surface area contributed by atoms with Crippen LogP contribution >= 0.6 is 0 Å². The topological polar surface area (TPSA) is 71.1 Å². The first-order chi connectivity index (χ1) is 13.4. The zero-order valence-corrected chi connectivity index (χ0v) is 16.5. The van der Waals surface area contributed by atoms with Gasteiger partial charge in [0.2, 0.25) is 6.79 Å². The number of ketones is 1. The monoisotopic (exact) mass is 386 g/mol. The summed E-state index contributed by atoms with van der Waals surface area (Å²) in [6.45, 7) is 7.31. The highest BCUT2D eigenvalue weighted by Crippen LogP contribution is 2.49. The van der Waals surface area contributed by atoms with E-state index in [0.29, 0.717) is 24.3 Å². The SMILES string of the molecule is C=CC[C@@]1([C@@H](C)[C@H](OC(C)=O)c2ccc3c(c2)OCO3)C[C@H](OC)C=CC1=O. The molecule has 1 aromatic rings. The van der Waals surface area contributed by atoms with Crippen LogP contribution in [0, 0.1) is 11.3 Å². The molecule has 1 aliphatic carbocycles. The molecular weight excluding hydrogens is 360 g/mol. The normalized spacial score (nSPS) is 25.2. The van der Waals surface area contributed by atoms with Crippen molar-refractivity contribution in [3.63, 3.8) is 0 Å². The molecule has 0 radical (unpaired) electrons. The van der Waals surface area contributed by atoms with Crippen molar-refractivity contribution in [2.75, 3.05) is 13.9 Å². The molecule has 0 fully saturated rings. The molecule has 0 bridgehead atoms. The van der Waals surface area contributed by atoms with Gasteiger partial charge in [-0.05, 0) is 36.6 Å². The molecule has 4 atom stereocenters. The second-order valence-corrected chi connectivity index (χ2v) is 7.28. The number of hydrogen-bond donors (Lipinski definition) is 0. The van der Waals surface area contributed by atoms with Gasteiger partial charge in [-0.25, -0.2) is 0 Å². The maximum absolute atomic E-state index is 13.0. The van der Waals surface area contributed by atoms with Gasteiger partial charge in [-0.1, -0.05) is 25.1 Å².